The lowest BCUT2D eigenvalue weighted by Crippen LogP contribution is -2.20. The second-order valence-electron chi connectivity index (χ2n) is 5.93. The van der Waals surface area contributed by atoms with Crippen molar-refractivity contribution in [3.05, 3.63) is 59.2 Å². The average molecular weight is 353 g/mol. The highest BCUT2D eigenvalue weighted by molar-refractivity contribution is 5.93. The topological polar surface area (TPSA) is 79.8 Å². The minimum Gasteiger partial charge on any atom is -0.497 e. The lowest BCUT2D eigenvalue weighted by Gasteiger charge is -2.05. The molecule has 2 rings (SSSR count). The van der Waals surface area contributed by atoms with Crippen molar-refractivity contribution >= 4 is 23.7 Å². The number of benzene rings is 2. The van der Waals surface area contributed by atoms with Crippen LogP contribution in [0, 0.1) is 13.8 Å². The molecule has 0 radical (unpaired) electrons. The van der Waals surface area contributed by atoms with E-state index in [1.54, 1.807) is 13.3 Å². The van der Waals surface area contributed by atoms with Gasteiger partial charge in [-0.05, 0) is 55.3 Å². The summed E-state index contributed by atoms with van der Waals surface area (Å²) in [4.78, 5) is 23.7. The van der Waals surface area contributed by atoms with Crippen molar-refractivity contribution in [2.45, 2.75) is 26.7 Å². The highest BCUT2D eigenvalue weighted by atomic mass is 16.5. The lowest BCUT2D eigenvalue weighted by atomic mass is 10.1. The fraction of sp³-hybridized carbons (Fsp3) is 0.250. The molecule has 0 heterocycles. The summed E-state index contributed by atoms with van der Waals surface area (Å²) in [6.07, 6.45) is 1.73. The average Bonchev–Trinajstić information content (AvgIpc) is 2.63. The van der Waals surface area contributed by atoms with Gasteiger partial charge in [0.15, 0.2) is 0 Å². The van der Waals surface area contributed by atoms with E-state index in [4.69, 9.17) is 4.74 Å². The van der Waals surface area contributed by atoms with Crippen LogP contribution in [0.3, 0.4) is 0 Å². The molecule has 0 aliphatic carbocycles. The van der Waals surface area contributed by atoms with Gasteiger partial charge in [-0.25, -0.2) is 5.43 Å². The van der Waals surface area contributed by atoms with Gasteiger partial charge in [0, 0.05) is 18.5 Å². The van der Waals surface area contributed by atoms with Gasteiger partial charge in [0.2, 0.25) is 11.8 Å². The summed E-state index contributed by atoms with van der Waals surface area (Å²) in [5.74, 6) is 0.244. The Morgan fingerprint density at radius 3 is 2.38 bits per heavy atom. The number of rotatable bonds is 7. The summed E-state index contributed by atoms with van der Waals surface area (Å²) < 4.78 is 5.14. The van der Waals surface area contributed by atoms with Crippen molar-refractivity contribution in [1.82, 2.24) is 5.43 Å². The second kappa shape index (κ2) is 9.36. The number of hydrogen-bond acceptors (Lipinski definition) is 4. The Bertz CT molecular complexity index is 798. The van der Waals surface area contributed by atoms with Gasteiger partial charge in [-0.1, -0.05) is 17.7 Å². The Labute approximate surface area is 153 Å². The third kappa shape index (κ3) is 6.05. The van der Waals surface area contributed by atoms with Crippen LogP contribution in [0.4, 0.5) is 5.69 Å². The SMILES string of the molecule is COc1ccc(C=NNC(=O)CCC(=O)Nc2ccc(C)cc2)c(C)c1. The molecule has 2 amide bonds. The Balaban J connectivity index is 1.76. The first-order valence-electron chi connectivity index (χ1n) is 8.31. The van der Waals surface area contributed by atoms with E-state index in [0.717, 1.165) is 22.4 Å². The number of ether oxygens (including phenoxy) is 1. The third-order valence-electron chi connectivity index (χ3n) is 3.78. The molecule has 2 N–H and O–H groups in total. The monoisotopic (exact) mass is 353 g/mol. The molecular formula is C20H23N3O3. The maximum atomic E-state index is 11.9. The zero-order valence-corrected chi connectivity index (χ0v) is 15.2. The van der Waals surface area contributed by atoms with Gasteiger partial charge in [-0.3, -0.25) is 9.59 Å². The van der Waals surface area contributed by atoms with Crippen LogP contribution in [-0.2, 0) is 9.59 Å². The maximum absolute atomic E-state index is 11.9. The minimum atomic E-state index is -0.313. The molecule has 0 unspecified atom stereocenters. The summed E-state index contributed by atoms with van der Waals surface area (Å²) in [7, 11) is 1.61. The summed E-state index contributed by atoms with van der Waals surface area (Å²) in [6, 6.07) is 13.1. The molecule has 0 saturated carbocycles. The number of aryl methyl sites for hydroxylation is 2. The maximum Gasteiger partial charge on any atom is 0.240 e. The normalized spacial score (nSPS) is 10.6. The van der Waals surface area contributed by atoms with Gasteiger partial charge in [-0.15, -0.1) is 0 Å². The molecule has 6 nitrogen and oxygen atoms in total. The highest BCUT2D eigenvalue weighted by Gasteiger charge is 2.07. The van der Waals surface area contributed by atoms with Crippen molar-refractivity contribution in [2.75, 3.05) is 12.4 Å². The summed E-state index contributed by atoms with van der Waals surface area (Å²) in [5, 5.41) is 6.69. The predicted octanol–water partition coefficient (Wildman–Crippen LogP) is 3.18. The van der Waals surface area contributed by atoms with Gasteiger partial charge in [0.1, 0.15) is 5.75 Å². The zero-order chi connectivity index (χ0) is 18.9. The summed E-state index contributed by atoms with van der Waals surface area (Å²) >= 11 is 0. The van der Waals surface area contributed by atoms with Crippen LogP contribution >= 0.6 is 0 Å². The molecule has 6 heteroatoms. The van der Waals surface area contributed by atoms with Crippen LogP contribution in [-0.4, -0.2) is 25.1 Å². The van der Waals surface area contributed by atoms with Gasteiger partial charge in [-0.2, -0.15) is 5.10 Å². The van der Waals surface area contributed by atoms with Crippen LogP contribution in [0.25, 0.3) is 0 Å². The molecule has 0 fully saturated rings. The number of amides is 2. The van der Waals surface area contributed by atoms with Gasteiger partial charge >= 0.3 is 0 Å². The van der Waals surface area contributed by atoms with Crippen molar-refractivity contribution in [2.24, 2.45) is 5.10 Å². The molecular weight excluding hydrogens is 330 g/mol. The first-order chi connectivity index (χ1) is 12.5. The molecule has 0 aliphatic rings. The van der Waals surface area contributed by atoms with E-state index in [9.17, 15) is 9.59 Å². The second-order valence-corrected chi connectivity index (χ2v) is 5.93. The largest absolute Gasteiger partial charge is 0.497 e. The minimum absolute atomic E-state index is 0.0661. The van der Waals surface area contributed by atoms with Crippen LogP contribution < -0.4 is 15.5 Å². The number of hydrogen-bond donors (Lipinski definition) is 2. The standard InChI is InChI=1S/C20H23N3O3/c1-14-4-7-17(8-5-14)22-19(24)10-11-20(25)23-21-13-16-6-9-18(26-3)12-15(16)2/h4-9,12-13H,10-11H2,1-3H3,(H,22,24)(H,23,25). The first-order valence-corrected chi connectivity index (χ1v) is 8.31. The molecule has 0 aliphatic heterocycles. The molecule has 26 heavy (non-hydrogen) atoms. The molecule has 0 bridgehead atoms. The number of nitrogens with zero attached hydrogens (tertiary/aromatic N) is 1. The van der Waals surface area contributed by atoms with Crippen LogP contribution in [0.15, 0.2) is 47.6 Å². The van der Waals surface area contributed by atoms with E-state index in [1.165, 1.54) is 0 Å². The first kappa shape index (κ1) is 19.2. The van der Waals surface area contributed by atoms with E-state index in [-0.39, 0.29) is 24.7 Å². The smallest absolute Gasteiger partial charge is 0.240 e. The Morgan fingerprint density at radius 1 is 1.04 bits per heavy atom. The van der Waals surface area contributed by atoms with Crippen molar-refractivity contribution in [3.63, 3.8) is 0 Å². The number of carbonyl (C=O) groups is 2. The van der Waals surface area contributed by atoms with E-state index in [1.807, 2.05) is 56.3 Å². The van der Waals surface area contributed by atoms with Crippen molar-refractivity contribution < 1.29 is 14.3 Å². The molecule has 136 valence electrons. The molecule has 2 aromatic rings. The quantitative estimate of drug-likeness (QED) is 0.593. The molecule has 0 spiro atoms. The van der Waals surface area contributed by atoms with Gasteiger partial charge in [0.25, 0.3) is 0 Å². The zero-order valence-electron chi connectivity index (χ0n) is 15.2. The predicted molar refractivity (Wildman–Crippen MR) is 103 cm³/mol. The summed E-state index contributed by atoms with van der Waals surface area (Å²) in [5.41, 5.74) is 6.13. The van der Waals surface area contributed by atoms with Crippen LogP contribution in [0.2, 0.25) is 0 Å². The van der Waals surface area contributed by atoms with Gasteiger partial charge < -0.3 is 10.1 Å². The van der Waals surface area contributed by atoms with E-state index in [2.05, 4.69) is 15.8 Å². The third-order valence-corrected chi connectivity index (χ3v) is 3.78. The molecule has 0 saturated heterocycles. The summed E-state index contributed by atoms with van der Waals surface area (Å²) in [6.45, 7) is 3.91. The number of nitrogens with one attached hydrogen (secondary N) is 2. The van der Waals surface area contributed by atoms with Crippen molar-refractivity contribution in [1.29, 1.82) is 0 Å². The fourth-order valence-electron chi connectivity index (χ4n) is 2.24. The Hall–Kier alpha value is -3.15. The lowest BCUT2D eigenvalue weighted by molar-refractivity contribution is -0.124. The van der Waals surface area contributed by atoms with Crippen molar-refractivity contribution in [3.8, 4) is 5.75 Å². The number of methoxy groups -OCH3 is 1. The molecule has 0 aromatic heterocycles. The molecule has 0 atom stereocenters. The number of hydrazone groups is 1. The van der Waals surface area contributed by atoms with E-state index >= 15 is 0 Å². The molecule has 2 aromatic carbocycles. The number of anilines is 1. The van der Waals surface area contributed by atoms with E-state index < -0.39 is 0 Å². The van der Waals surface area contributed by atoms with Gasteiger partial charge in [0.05, 0.1) is 13.3 Å². The highest BCUT2D eigenvalue weighted by Crippen LogP contribution is 2.15. The fourth-order valence-corrected chi connectivity index (χ4v) is 2.24. The van der Waals surface area contributed by atoms with Crippen LogP contribution in [0.1, 0.15) is 29.5 Å². The van der Waals surface area contributed by atoms with E-state index in [0.29, 0.717) is 5.69 Å². The Kier molecular flexibility index (Phi) is 6.91. The number of carbonyl (C=O) groups excluding carboxylic acids is 2. The van der Waals surface area contributed by atoms with Crippen LogP contribution in [0.5, 0.6) is 5.75 Å². The Morgan fingerprint density at radius 2 is 1.73 bits per heavy atom.